The van der Waals surface area contributed by atoms with Crippen LogP contribution in [0.4, 0.5) is 5.69 Å². The van der Waals surface area contributed by atoms with Crippen LogP contribution < -0.4 is 5.32 Å². The summed E-state index contributed by atoms with van der Waals surface area (Å²) in [4.78, 5) is 14.9. The number of nitrogens with zero attached hydrogens (tertiary/aromatic N) is 1. The zero-order chi connectivity index (χ0) is 14.0. The van der Waals surface area contributed by atoms with E-state index in [1.807, 2.05) is 55.8 Å². The SMILES string of the molecule is CC(C)(C)C(=O)Nc1cccc(-n2cc[nH]c2=S)c1. The number of H-pyrrole nitrogens is 1. The first-order chi connectivity index (χ1) is 8.88. The number of nitrogens with one attached hydrogen (secondary N) is 2. The van der Waals surface area contributed by atoms with Gasteiger partial charge in [0.25, 0.3) is 0 Å². The van der Waals surface area contributed by atoms with Crippen LogP contribution in [0, 0.1) is 10.2 Å². The molecule has 19 heavy (non-hydrogen) atoms. The molecule has 5 heteroatoms. The molecule has 0 fully saturated rings. The van der Waals surface area contributed by atoms with Crippen molar-refractivity contribution >= 4 is 23.8 Å². The summed E-state index contributed by atoms with van der Waals surface area (Å²) in [5.74, 6) is -0.0117. The Balaban J connectivity index is 2.29. The molecule has 1 heterocycles. The highest BCUT2D eigenvalue weighted by molar-refractivity contribution is 7.71. The van der Waals surface area contributed by atoms with Gasteiger partial charge in [-0.15, -0.1) is 0 Å². The Hall–Kier alpha value is -1.88. The predicted octanol–water partition coefficient (Wildman–Crippen LogP) is 3.52. The monoisotopic (exact) mass is 275 g/mol. The highest BCUT2D eigenvalue weighted by Gasteiger charge is 2.21. The molecule has 1 amide bonds. The van der Waals surface area contributed by atoms with Gasteiger partial charge in [-0.25, -0.2) is 0 Å². The molecule has 0 radical (unpaired) electrons. The van der Waals surface area contributed by atoms with Crippen LogP contribution in [0.2, 0.25) is 0 Å². The van der Waals surface area contributed by atoms with Crippen LogP contribution in [0.5, 0.6) is 0 Å². The third-order valence-corrected chi connectivity index (χ3v) is 3.03. The molecule has 0 spiro atoms. The molecule has 0 aliphatic rings. The van der Waals surface area contributed by atoms with Gasteiger partial charge in [0.05, 0.1) is 0 Å². The second kappa shape index (κ2) is 5.01. The van der Waals surface area contributed by atoms with E-state index in [4.69, 9.17) is 12.2 Å². The second-order valence-corrected chi connectivity index (χ2v) is 5.78. The Morgan fingerprint density at radius 3 is 2.68 bits per heavy atom. The first kappa shape index (κ1) is 13.5. The Labute approximate surface area is 117 Å². The van der Waals surface area contributed by atoms with Crippen LogP contribution in [0.1, 0.15) is 20.8 Å². The van der Waals surface area contributed by atoms with E-state index in [1.165, 1.54) is 0 Å². The number of hydrogen-bond acceptors (Lipinski definition) is 2. The first-order valence-corrected chi connectivity index (χ1v) is 6.47. The molecule has 0 unspecified atom stereocenters. The summed E-state index contributed by atoms with van der Waals surface area (Å²) in [7, 11) is 0. The summed E-state index contributed by atoms with van der Waals surface area (Å²) in [6, 6.07) is 7.59. The molecule has 1 aromatic heterocycles. The summed E-state index contributed by atoms with van der Waals surface area (Å²) < 4.78 is 2.47. The fraction of sp³-hybridized carbons (Fsp3) is 0.286. The average Bonchev–Trinajstić information content (AvgIpc) is 2.74. The minimum atomic E-state index is -0.416. The van der Waals surface area contributed by atoms with Crippen molar-refractivity contribution in [3.63, 3.8) is 0 Å². The van der Waals surface area contributed by atoms with Crippen LogP contribution >= 0.6 is 12.2 Å². The van der Waals surface area contributed by atoms with Crippen molar-refractivity contribution in [1.82, 2.24) is 9.55 Å². The number of hydrogen-bond donors (Lipinski definition) is 2. The molecule has 0 aliphatic heterocycles. The first-order valence-electron chi connectivity index (χ1n) is 6.06. The molecule has 1 aromatic carbocycles. The zero-order valence-corrected chi connectivity index (χ0v) is 12.0. The lowest BCUT2D eigenvalue weighted by Crippen LogP contribution is -2.27. The van der Waals surface area contributed by atoms with Crippen molar-refractivity contribution in [3.05, 3.63) is 41.4 Å². The third-order valence-electron chi connectivity index (χ3n) is 2.71. The van der Waals surface area contributed by atoms with E-state index in [0.717, 1.165) is 11.4 Å². The number of carbonyl (C=O) groups excluding carboxylic acids is 1. The number of imidazole rings is 1. The maximum Gasteiger partial charge on any atom is 0.229 e. The van der Waals surface area contributed by atoms with E-state index in [-0.39, 0.29) is 5.91 Å². The molecule has 0 saturated heterocycles. The van der Waals surface area contributed by atoms with E-state index in [2.05, 4.69) is 10.3 Å². The number of aromatic amines is 1. The van der Waals surface area contributed by atoms with Crippen LogP contribution in [-0.4, -0.2) is 15.5 Å². The molecule has 0 bridgehead atoms. The number of amides is 1. The quantitative estimate of drug-likeness (QED) is 0.824. The minimum Gasteiger partial charge on any atom is -0.337 e. The van der Waals surface area contributed by atoms with Crippen LogP contribution in [0.15, 0.2) is 36.7 Å². The Morgan fingerprint density at radius 1 is 1.37 bits per heavy atom. The van der Waals surface area contributed by atoms with Gasteiger partial charge in [-0.2, -0.15) is 0 Å². The smallest absolute Gasteiger partial charge is 0.229 e. The maximum atomic E-state index is 12.0. The van der Waals surface area contributed by atoms with Crippen molar-refractivity contribution < 1.29 is 4.79 Å². The lowest BCUT2D eigenvalue weighted by atomic mass is 9.95. The van der Waals surface area contributed by atoms with Gasteiger partial charge in [0.2, 0.25) is 5.91 Å². The Kier molecular flexibility index (Phi) is 3.57. The fourth-order valence-electron chi connectivity index (χ4n) is 1.58. The van der Waals surface area contributed by atoms with Gasteiger partial charge in [0, 0.05) is 29.2 Å². The zero-order valence-electron chi connectivity index (χ0n) is 11.2. The molecule has 4 nitrogen and oxygen atoms in total. The molecule has 0 atom stereocenters. The fourth-order valence-corrected chi connectivity index (χ4v) is 1.81. The van der Waals surface area contributed by atoms with Gasteiger partial charge < -0.3 is 10.3 Å². The van der Waals surface area contributed by atoms with Gasteiger partial charge in [-0.1, -0.05) is 26.8 Å². The topological polar surface area (TPSA) is 49.8 Å². The third kappa shape index (κ3) is 3.12. The van der Waals surface area contributed by atoms with Gasteiger partial charge in [-0.3, -0.25) is 9.36 Å². The number of anilines is 1. The van der Waals surface area contributed by atoms with Crippen molar-refractivity contribution in [2.75, 3.05) is 5.32 Å². The van der Waals surface area contributed by atoms with Gasteiger partial charge in [0.15, 0.2) is 4.77 Å². The average molecular weight is 275 g/mol. The number of rotatable bonds is 2. The molecule has 0 aliphatic carbocycles. The van der Waals surface area contributed by atoms with E-state index in [1.54, 1.807) is 6.20 Å². The van der Waals surface area contributed by atoms with Gasteiger partial charge >= 0.3 is 0 Å². The van der Waals surface area contributed by atoms with Crippen molar-refractivity contribution in [3.8, 4) is 5.69 Å². The highest BCUT2D eigenvalue weighted by atomic mass is 32.1. The summed E-state index contributed by atoms with van der Waals surface area (Å²) in [6.07, 6.45) is 3.63. The van der Waals surface area contributed by atoms with Crippen molar-refractivity contribution in [2.45, 2.75) is 20.8 Å². The van der Waals surface area contributed by atoms with Crippen LogP contribution in [0.25, 0.3) is 5.69 Å². The number of carbonyl (C=O) groups is 1. The van der Waals surface area contributed by atoms with Crippen LogP contribution in [-0.2, 0) is 4.79 Å². The summed E-state index contributed by atoms with van der Waals surface area (Å²) >= 11 is 5.18. The van der Waals surface area contributed by atoms with E-state index in [0.29, 0.717) is 4.77 Å². The molecule has 2 rings (SSSR count). The van der Waals surface area contributed by atoms with E-state index in [9.17, 15) is 4.79 Å². The number of aromatic nitrogens is 2. The largest absolute Gasteiger partial charge is 0.337 e. The van der Waals surface area contributed by atoms with Gasteiger partial charge in [-0.05, 0) is 30.4 Å². The normalized spacial score (nSPS) is 11.3. The molecule has 0 saturated carbocycles. The second-order valence-electron chi connectivity index (χ2n) is 5.39. The molecule has 2 aromatic rings. The summed E-state index contributed by atoms with van der Waals surface area (Å²) in [5.41, 5.74) is 1.26. The summed E-state index contributed by atoms with van der Waals surface area (Å²) in [6.45, 7) is 5.65. The molecule has 2 N–H and O–H groups in total. The minimum absolute atomic E-state index is 0.0117. The predicted molar refractivity (Wildman–Crippen MR) is 79.0 cm³/mol. The van der Waals surface area contributed by atoms with E-state index >= 15 is 0 Å². The lowest BCUT2D eigenvalue weighted by Gasteiger charge is -2.18. The van der Waals surface area contributed by atoms with Crippen molar-refractivity contribution in [2.24, 2.45) is 5.41 Å². The van der Waals surface area contributed by atoms with Gasteiger partial charge in [0.1, 0.15) is 0 Å². The summed E-state index contributed by atoms with van der Waals surface area (Å²) in [5, 5.41) is 2.91. The molecular weight excluding hydrogens is 258 g/mol. The highest BCUT2D eigenvalue weighted by Crippen LogP contribution is 2.19. The molecular formula is C14H17N3OS. The Bertz CT molecular complexity index is 649. The van der Waals surface area contributed by atoms with E-state index < -0.39 is 5.41 Å². The standard InChI is InChI=1S/C14H17N3OS/c1-14(2,3)12(18)16-10-5-4-6-11(9-10)17-8-7-15-13(17)19/h4-9H,1-3H3,(H,15,19)(H,16,18). The number of benzene rings is 1. The van der Waals surface area contributed by atoms with Crippen LogP contribution in [0.3, 0.4) is 0 Å². The maximum absolute atomic E-state index is 12.0. The molecule has 100 valence electrons. The lowest BCUT2D eigenvalue weighted by molar-refractivity contribution is -0.123. The van der Waals surface area contributed by atoms with Crippen molar-refractivity contribution in [1.29, 1.82) is 0 Å². The Morgan fingerprint density at radius 2 is 2.11 bits per heavy atom.